The summed E-state index contributed by atoms with van der Waals surface area (Å²) in [6.07, 6.45) is 2.21. The fourth-order valence-corrected chi connectivity index (χ4v) is 3.69. The summed E-state index contributed by atoms with van der Waals surface area (Å²) in [4.78, 5) is 13.9. The summed E-state index contributed by atoms with van der Waals surface area (Å²) in [5.41, 5.74) is 2.28. The molecule has 0 unspecified atom stereocenters. The Balaban J connectivity index is 0.00000341. The highest BCUT2D eigenvalue weighted by atomic mass is 127. The van der Waals surface area contributed by atoms with Gasteiger partial charge in [0.1, 0.15) is 5.82 Å². The zero-order valence-electron chi connectivity index (χ0n) is 18.6. The van der Waals surface area contributed by atoms with Crippen LogP contribution in [-0.2, 0) is 13.1 Å². The second-order valence-electron chi connectivity index (χ2n) is 7.90. The van der Waals surface area contributed by atoms with Crippen LogP contribution in [0.15, 0.2) is 47.5 Å². The van der Waals surface area contributed by atoms with Gasteiger partial charge in [0.25, 0.3) is 0 Å². The molecule has 3 rings (SSSR count). The van der Waals surface area contributed by atoms with E-state index in [-0.39, 0.29) is 24.0 Å². The van der Waals surface area contributed by atoms with Crippen molar-refractivity contribution >= 4 is 47.4 Å². The quantitative estimate of drug-likeness (QED) is 0.305. The standard InChI is InChI=1S/C23H33ClN6.HI/c1-4-25-23(26-16-21-6-5-7-22(27-21)29(2)3)28-20-12-14-30(15-13-20)17-18-8-10-19(24)11-9-18;/h5-11,20H,4,12-17H2,1-3H3,(H2,25,26,28);1H. The molecule has 2 N–H and O–H groups in total. The van der Waals surface area contributed by atoms with E-state index in [1.165, 1.54) is 5.56 Å². The summed E-state index contributed by atoms with van der Waals surface area (Å²) in [5.74, 6) is 1.82. The van der Waals surface area contributed by atoms with E-state index in [4.69, 9.17) is 16.6 Å². The summed E-state index contributed by atoms with van der Waals surface area (Å²) in [5, 5.41) is 7.77. The molecule has 1 aromatic heterocycles. The molecule has 2 aromatic rings. The van der Waals surface area contributed by atoms with Crippen LogP contribution in [0.5, 0.6) is 0 Å². The minimum absolute atomic E-state index is 0. The van der Waals surface area contributed by atoms with Gasteiger partial charge >= 0.3 is 0 Å². The first-order valence-corrected chi connectivity index (χ1v) is 11.1. The molecular weight excluding hydrogens is 523 g/mol. The maximum absolute atomic E-state index is 5.99. The minimum Gasteiger partial charge on any atom is -0.363 e. The van der Waals surface area contributed by atoms with Crippen LogP contribution < -0.4 is 15.5 Å². The van der Waals surface area contributed by atoms with E-state index < -0.39 is 0 Å². The molecule has 0 bridgehead atoms. The Morgan fingerprint density at radius 1 is 1.16 bits per heavy atom. The molecule has 170 valence electrons. The Morgan fingerprint density at radius 3 is 2.52 bits per heavy atom. The SMILES string of the molecule is CCNC(=NCc1cccc(N(C)C)n1)NC1CCN(Cc2ccc(Cl)cc2)CC1.I. The number of rotatable bonds is 7. The van der Waals surface area contributed by atoms with Crippen molar-refractivity contribution in [3.05, 3.63) is 58.7 Å². The number of guanidine groups is 1. The van der Waals surface area contributed by atoms with Gasteiger partial charge in [0.05, 0.1) is 12.2 Å². The molecule has 0 atom stereocenters. The minimum atomic E-state index is 0. The molecule has 8 heteroatoms. The molecule has 1 aliphatic heterocycles. The van der Waals surface area contributed by atoms with Crippen molar-refractivity contribution < 1.29 is 0 Å². The lowest BCUT2D eigenvalue weighted by atomic mass is 10.0. The Morgan fingerprint density at radius 2 is 1.87 bits per heavy atom. The van der Waals surface area contributed by atoms with Gasteiger partial charge in [-0.2, -0.15) is 0 Å². The molecule has 1 aliphatic rings. The van der Waals surface area contributed by atoms with E-state index in [1.54, 1.807) is 0 Å². The molecule has 0 radical (unpaired) electrons. The third-order valence-electron chi connectivity index (χ3n) is 5.24. The van der Waals surface area contributed by atoms with Crippen LogP contribution in [0.4, 0.5) is 5.82 Å². The molecule has 1 fully saturated rings. The van der Waals surface area contributed by atoms with Gasteiger partial charge in [-0.3, -0.25) is 4.90 Å². The van der Waals surface area contributed by atoms with Crippen LogP contribution in [0.1, 0.15) is 31.0 Å². The topological polar surface area (TPSA) is 55.8 Å². The second kappa shape index (κ2) is 13.1. The van der Waals surface area contributed by atoms with E-state index in [9.17, 15) is 0 Å². The van der Waals surface area contributed by atoms with Gasteiger partial charge in [-0.05, 0) is 49.6 Å². The number of aromatic nitrogens is 1. The largest absolute Gasteiger partial charge is 0.363 e. The Bertz CT molecular complexity index is 819. The van der Waals surface area contributed by atoms with E-state index in [1.807, 2.05) is 49.3 Å². The zero-order valence-corrected chi connectivity index (χ0v) is 21.7. The van der Waals surface area contributed by atoms with Gasteiger partial charge in [0.2, 0.25) is 0 Å². The van der Waals surface area contributed by atoms with Crippen LogP contribution in [0.3, 0.4) is 0 Å². The van der Waals surface area contributed by atoms with Crippen molar-refractivity contribution in [3.8, 4) is 0 Å². The lowest BCUT2D eigenvalue weighted by molar-refractivity contribution is 0.198. The molecular formula is C23H34ClIN6. The van der Waals surface area contributed by atoms with Crippen molar-refractivity contribution in [2.75, 3.05) is 38.6 Å². The average Bonchev–Trinajstić information content (AvgIpc) is 2.75. The van der Waals surface area contributed by atoms with Gasteiger partial charge < -0.3 is 15.5 Å². The number of anilines is 1. The van der Waals surface area contributed by atoms with Gasteiger partial charge in [-0.25, -0.2) is 9.98 Å². The van der Waals surface area contributed by atoms with Crippen molar-refractivity contribution in [2.45, 2.75) is 38.9 Å². The summed E-state index contributed by atoms with van der Waals surface area (Å²) in [6, 6.07) is 14.7. The highest BCUT2D eigenvalue weighted by Crippen LogP contribution is 2.16. The van der Waals surface area contributed by atoms with E-state index >= 15 is 0 Å². The molecule has 1 saturated heterocycles. The van der Waals surface area contributed by atoms with E-state index in [2.05, 4.69) is 39.6 Å². The Kier molecular flexibility index (Phi) is 10.8. The van der Waals surface area contributed by atoms with Gasteiger partial charge in [-0.15, -0.1) is 24.0 Å². The van der Waals surface area contributed by atoms with Crippen LogP contribution in [0.2, 0.25) is 5.02 Å². The van der Waals surface area contributed by atoms with Gasteiger partial charge in [-0.1, -0.05) is 29.8 Å². The summed E-state index contributed by atoms with van der Waals surface area (Å²) in [6.45, 7) is 6.62. The number of hydrogen-bond donors (Lipinski definition) is 2. The Labute approximate surface area is 208 Å². The van der Waals surface area contributed by atoms with Crippen LogP contribution in [-0.4, -0.2) is 55.6 Å². The van der Waals surface area contributed by atoms with Crippen molar-refractivity contribution in [1.82, 2.24) is 20.5 Å². The van der Waals surface area contributed by atoms with E-state index in [0.29, 0.717) is 12.6 Å². The van der Waals surface area contributed by atoms with Crippen LogP contribution in [0, 0.1) is 0 Å². The average molecular weight is 557 g/mol. The molecule has 31 heavy (non-hydrogen) atoms. The fourth-order valence-electron chi connectivity index (χ4n) is 3.56. The molecule has 0 aliphatic carbocycles. The monoisotopic (exact) mass is 556 g/mol. The van der Waals surface area contributed by atoms with Crippen molar-refractivity contribution in [2.24, 2.45) is 4.99 Å². The second-order valence-corrected chi connectivity index (χ2v) is 8.33. The number of halogens is 2. The third-order valence-corrected chi connectivity index (χ3v) is 5.49. The number of piperidine rings is 1. The summed E-state index contributed by atoms with van der Waals surface area (Å²) in [7, 11) is 4.00. The number of hydrogen-bond acceptors (Lipinski definition) is 4. The maximum Gasteiger partial charge on any atom is 0.191 e. The maximum atomic E-state index is 5.99. The predicted molar refractivity (Wildman–Crippen MR) is 142 cm³/mol. The molecule has 2 heterocycles. The van der Waals surface area contributed by atoms with Crippen LogP contribution >= 0.6 is 35.6 Å². The molecule has 0 saturated carbocycles. The number of likely N-dealkylation sites (tertiary alicyclic amines) is 1. The normalized spacial score (nSPS) is 15.3. The van der Waals surface area contributed by atoms with Crippen LogP contribution in [0.25, 0.3) is 0 Å². The van der Waals surface area contributed by atoms with Crippen molar-refractivity contribution in [1.29, 1.82) is 0 Å². The van der Waals surface area contributed by atoms with Crippen molar-refractivity contribution in [3.63, 3.8) is 0 Å². The predicted octanol–water partition coefficient (Wildman–Crippen LogP) is 4.14. The first-order chi connectivity index (χ1) is 14.5. The number of aliphatic imine (C=N–C) groups is 1. The third kappa shape index (κ3) is 8.46. The smallest absolute Gasteiger partial charge is 0.191 e. The molecule has 0 spiro atoms. The highest BCUT2D eigenvalue weighted by Gasteiger charge is 2.20. The Hall–Kier alpha value is -1.58. The molecule has 1 aromatic carbocycles. The van der Waals surface area contributed by atoms with Gasteiger partial charge in [0, 0.05) is 51.3 Å². The lowest BCUT2D eigenvalue weighted by Gasteiger charge is -2.33. The number of benzene rings is 1. The van der Waals surface area contributed by atoms with E-state index in [0.717, 1.165) is 61.5 Å². The molecule has 6 nitrogen and oxygen atoms in total. The highest BCUT2D eigenvalue weighted by molar-refractivity contribution is 14.0. The molecule has 0 amide bonds. The van der Waals surface area contributed by atoms with Gasteiger partial charge in [0.15, 0.2) is 5.96 Å². The number of pyridine rings is 1. The summed E-state index contributed by atoms with van der Waals surface area (Å²) < 4.78 is 0. The number of nitrogens with zero attached hydrogens (tertiary/aromatic N) is 4. The lowest BCUT2D eigenvalue weighted by Crippen LogP contribution is -2.48. The first-order valence-electron chi connectivity index (χ1n) is 10.7. The summed E-state index contributed by atoms with van der Waals surface area (Å²) >= 11 is 5.99. The fraction of sp³-hybridized carbons (Fsp3) is 0.478. The zero-order chi connectivity index (χ0) is 21.3. The number of nitrogens with one attached hydrogen (secondary N) is 2. The first kappa shape index (κ1) is 25.7.